The first-order valence-electron chi connectivity index (χ1n) is 9.95. The Bertz CT molecular complexity index is 1460. The lowest BCUT2D eigenvalue weighted by Gasteiger charge is -2.06. The summed E-state index contributed by atoms with van der Waals surface area (Å²) in [6.45, 7) is 4.00. The molecular formula is C26H21NO2. The van der Waals surface area contributed by atoms with Crippen molar-refractivity contribution in [3.8, 4) is 0 Å². The van der Waals surface area contributed by atoms with E-state index < -0.39 is 0 Å². The minimum Gasteiger partial charge on any atom is -0.456 e. The number of benzene rings is 4. The van der Waals surface area contributed by atoms with Crippen LogP contribution in [0.3, 0.4) is 0 Å². The molecule has 1 N–H and O–H groups in total. The monoisotopic (exact) mass is 379 g/mol. The van der Waals surface area contributed by atoms with Crippen LogP contribution in [0, 0.1) is 0 Å². The maximum absolute atomic E-state index is 5.99. The Kier molecular flexibility index (Phi) is 4.21. The molecule has 29 heavy (non-hydrogen) atoms. The second-order valence-corrected chi connectivity index (χ2v) is 6.74. The van der Waals surface area contributed by atoms with Crippen molar-refractivity contribution in [1.82, 2.24) is 0 Å². The van der Waals surface area contributed by atoms with E-state index in [1.807, 2.05) is 68.4 Å². The van der Waals surface area contributed by atoms with Crippen LogP contribution >= 0.6 is 0 Å². The van der Waals surface area contributed by atoms with Gasteiger partial charge in [0.15, 0.2) is 0 Å². The predicted molar refractivity (Wildman–Crippen MR) is 122 cm³/mol. The molecule has 6 rings (SSSR count). The van der Waals surface area contributed by atoms with Gasteiger partial charge in [0.25, 0.3) is 0 Å². The van der Waals surface area contributed by atoms with Gasteiger partial charge in [0.05, 0.1) is 0 Å². The van der Waals surface area contributed by atoms with Gasteiger partial charge in [-0.05, 0) is 42.5 Å². The van der Waals surface area contributed by atoms with E-state index in [-0.39, 0.29) is 0 Å². The standard InChI is InChI=1S/C24H15NO2.C2H6/c1-3-7-21-17(5-1)19-11-9-16(14-24(19)27-21)25-15-10-12-23-20(13-15)18-6-2-4-8-22(18)26-23;1-2/h1-14,25H;1-2H3. The Balaban J connectivity index is 0.000000882. The van der Waals surface area contributed by atoms with E-state index in [4.69, 9.17) is 8.83 Å². The number of hydrogen-bond donors (Lipinski definition) is 1. The molecule has 142 valence electrons. The summed E-state index contributed by atoms with van der Waals surface area (Å²) in [6.07, 6.45) is 0. The maximum Gasteiger partial charge on any atom is 0.137 e. The van der Waals surface area contributed by atoms with Crippen LogP contribution in [0.15, 0.2) is 93.8 Å². The molecule has 0 aliphatic rings. The molecule has 0 spiro atoms. The molecule has 3 heteroatoms. The van der Waals surface area contributed by atoms with E-state index in [1.165, 1.54) is 0 Å². The van der Waals surface area contributed by atoms with Crippen LogP contribution in [-0.2, 0) is 0 Å². The first-order chi connectivity index (χ1) is 14.3. The summed E-state index contributed by atoms with van der Waals surface area (Å²) >= 11 is 0. The molecule has 0 fully saturated rings. The van der Waals surface area contributed by atoms with Gasteiger partial charge in [0.1, 0.15) is 22.3 Å². The fourth-order valence-corrected chi connectivity index (χ4v) is 3.77. The topological polar surface area (TPSA) is 38.3 Å². The Hall–Kier alpha value is -3.72. The smallest absolute Gasteiger partial charge is 0.137 e. The third-order valence-corrected chi connectivity index (χ3v) is 5.04. The zero-order chi connectivity index (χ0) is 19.8. The van der Waals surface area contributed by atoms with E-state index in [1.54, 1.807) is 0 Å². The Morgan fingerprint density at radius 1 is 0.483 bits per heavy atom. The zero-order valence-corrected chi connectivity index (χ0v) is 16.4. The van der Waals surface area contributed by atoms with Gasteiger partial charge in [0.2, 0.25) is 0 Å². The van der Waals surface area contributed by atoms with Crippen LogP contribution in [-0.4, -0.2) is 0 Å². The number of para-hydroxylation sites is 2. The summed E-state index contributed by atoms with van der Waals surface area (Å²) in [5, 5.41) is 8.00. The van der Waals surface area contributed by atoms with Gasteiger partial charge in [0, 0.05) is 39.0 Å². The van der Waals surface area contributed by atoms with Crippen molar-refractivity contribution in [2.45, 2.75) is 13.8 Å². The van der Waals surface area contributed by atoms with Crippen LogP contribution in [0.2, 0.25) is 0 Å². The van der Waals surface area contributed by atoms with Crippen molar-refractivity contribution in [2.24, 2.45) is 0 Å². The molecule has 2 aromatic heterocycles. The number of fused-ring (bicyclic) bond motifs is 6. The SMILES string of the molecule is CC.c1ccc2c(c1)oc1cc(Nc3ccc4oc5ccccc5c4c3)ccc12. The van der Waals surface area contributed by atoms with Crippen LogP contribution in [0.5, 0.6) is 0 Å². The van der Waals surface area contributed by atoms with Gasteiger partial charge < -0.3 is 14.2 Å². The third kappa shape index (κ3) is 2.92. The average molecular weight is 379 g/mol. The zero-order valence-electron chi connectivity index (χ0n) is 16.4. The van der Waals surface area contributed by atoms with E-state index in [0.29, 0.717) is 0 Å². The molecule has 0 saturated carbocycles. The number of furan rings is 2. The molecule has 6 aromatic rings. The van der Waals surface area contributed by atoms with Gasteiger partial charge in [-0.15, -0.1) is 0 Å². The number of rotatable bonds is 2. The molecule has 0 saturated heterocycles. The molecule has 0 aliphatic carbocycles. The molecule has 0 aliphatic heterocycles. The Morgan fingerprint density at radius 2 is 1.00 bits per heavy atom. The van der Waals surface area contributed by atoms with Gasteiger partial charge in [-0.1, -0.05) is 50.2 Å². The molecule has 0 amide bonds. The summed E-state index contributed by atoms with van der Waals surface area (Å²) in [5.74, 6) is 0. The third-order valence-electron chi connectivity index (χ3n) is 5.04. The maximum atomic E-state index is 5.99. The second kappa shape index (κ2) is 7.02. The highest BCUT2D eigenvalue weighted by molar-refractivity contribution is 6.07. The number of hydrogen-bond acceptors (Lipinski definition) is 3. The average Bonchev–Trinajstić information content (AvgIpc) is 3.32. The molecule has 2 heterocycles. The van der Waals surface area contributed by atoms with Crippen LogP contribution in [0.4, 0.5) is 11.4 Å². The van der Waals surface area contributed by atoms with E-state index in [0.717, 1.165) is 55.3 Å². The lowest BCUT2D eigenvalue weighted by Crippen LogP contribution is -1.89. The Morgan fingerprint density at radius 3 is 1.76 bits per heavy atom. The normalized spacial score (nSPS) is 11.1. The molecule has 0 unspecified atom stereocenters. The van der Waals surface area contributed by atoms with E-state index >= 15 is 0 Å². The van der Waals surface area contributed by atoms with Crippen molar-refractivity contribution in [3.63, 3.8) is 0 Å². The Labute approximate surface area is 168 Å². The van der Waals surface area contributed by atoms with Gasteiger partial charge in [-0.3, -0.25) is 0 Å². The van der Waals surface area contributed by atoms with Gasteiger partial charge >= 0.3 is 0 Å². The highest BCUT2D eigenvalue weighted by atomic mass is 16.3. The van der Waals surface area contributed by atoms with Gasteiger partial charge in [-0.2, -0.15) is 0 Å². The summed E-state index contributed by atoms with van der Waals surface area (Å²) in [4.78, 5) is 0. The quantitative estimate of drug-likeness (QED) is 0.329. The van der Waals surface area contributed by atoms with E-state index in [9.17, 15) is 0 Å². The minimum atomic E-state index is 0.885. The molecule has 0 radical (unpaired) electrons. The lowest BCUT2D eigenvalue weighted by molar-refractivity contribution is 0.668. The van der Waals surface area contributed by atoms with Crippen molar-refractivity contribution in [1.29, 1.82) is 0 Å². The first kappa shape index (κ1) is 17.4. The van der Waals surface area contributed by atoms with E-state index in [2.05, 4.69) is 35.6 Å². The van der Waals surface area contributed by atoms with Crippen molar-refractivity contribution in [3.05, 3.63) is 84.9 Å². The first-order valence-corrected chi connectivity index (χ1v) is 9.95. The molecular weight excluding hydrogens is 358 g/mol. The summed E-state index contributed by atoms with van der Waals surface area (Å²) < 4.78 is 11.9. The number of anilines is 2. The minimum absolute atomic E-state index is 0.885. The predicted octanol–water partition coefficient (Wildman–Crippen LogP) is 8.26. The fraction of sp³-hybridized carbons (Fsp3) is 0.0769. The fourth-order valence-electron chi connectivity index (χ4n) is 3.77. The molecule has 4 aromatic carbocycles. The summed E-state index contributed by atoms with van der Waals surface area (Å²) in [7, 11) is 0. The highest BCUT2D eigenvalue weighted by Crippen LogP contribution is 2.33. The lowest BCUT2D eigenvalue weighted by atomic mass is 10.1. The van der Waals surface area contributed by atoms with Gasteiger partial charge in [-0.25, -0.2) is 0 Å². The van der Waals surface area contributed by atoms with Crippen LogP contribution in [0.25, 0.3) is 43.9 Å². The molecule has 0 bridgehead atoms. The number of nitrogens with one attached hydrogen (secondary N) is 1. The second-order valence-electron chi connectivity index (χ2n) is 6.74. The molecule has 0 atom stereocenters. The van der Waals surface area contributed by atoms with Crippen LogP contribution in [0.1, 0.15) is 13.8 Å². The highest BCUT2D eigenvalue weighted by Gasteiger charge is 2.09. The van der Waals surface area contributed by atoms with Crippen molar-refractivity contribution in [2.75, 3.05) is 5.32 Å². The van der Waals surface area contributed by atoms with Crippen LogP contribution < -0.4 is 5.32 Å². The van der Waals surface area contributed by atoms with Crippen molar-refractivity contribution >= 4 is 55.3 Å². The largest absolute Gasteiger partial charge is 0.456 e. The summed E-state index contributed by atoms with van der Waals surface area (Å²) in [5.41, 5.74) is 5.62. The molecule has 3 nitrogen and oxygen atoms in total. The van der Waals surface area contributed by atoms with Crippen molar-refractivity contribution < 1.29 is 8.83 Å². The summed E-state index contributed by atoms with van der Waals surface area (Å²) in [6, 6.07) is 28.6.